The van der Waals surface area contributed by atoms with Gasteiger partial charge in [0.2, 0.25) is 5.91 Å². The summed E-state index contributed by atoms with van der Waals surface area (Å²) in [4.78, 5) is 32.7. The first-order valence-corrected chi connectivity index (χ1v) is 9.13. The number of nitro benzene ring substituents is 1. The summed E-state index contributed by atoms with van der Waals surface area (Å²) in [6, 6.07) is 11.0. The van der Waals surface area contributed by atoms with Gasteiger partial charge in [-0.05, 0) is 36.4 Å². The van der Waals surface area contributed by atoms with Crippen molar-refractivity contribution in [1.29, 1.82) is 0 Å². The molecule has 0 saturated heterocycles. The van der Waals surface area contributed by atoms with Crippen molar-refractivity contribution in [3.8, 4) is 0 Å². The number of nitrogens with two attached hydrogens (primary N) is 1. The molecule has 0 aliphatic carbocycles. The number of amides is 3. The average Bonchev–Trinajstić information content (AvgIpc) is 2.55. The summed E-state index contributed by atoms with van der Waals surface area (Å²) in [5.74, 6) is -0.554. The highest BCUT2D eigenvalue weighted by atomic mass is 32.2. The minimum absolute atomic E-state index is 0.0620. The van der Waals surface area contributed by atoms with Crippen LogP contribution < -0.4 is 16.4 Å². The SMILES string of the molecule is CS(C)=O.NC(=O)c1ccc(NC(=O)Nc2ccc([N+](=O)[O-])cc2)cc1. The van der Waals surface area contributed by atoms with Crippen LogP contribution in [0.3, 0.4) is 0 Å². The zero-order valence-corrected chi connectivity index (χ0v) is 14.9. The molecule has 10 heteroatoms. The second-order valence-electron chi connectivity index (χ2n) is 5.07. The third-order valence-electron chi connectivity index (χ3n) is 2.76. The number of urea groups is 1. The summed E-state index contributed by atoms with van der Waals surface area (Å²) in [5.41, 5.74) is 6.28. The maximum Gasteiger partial charge on any atom is 0.323 e. The fourth-order valence-electron chi connectivity index (χ4n) is 1.68. The van der Waals surface area contributed by atoms with Crippen LogP contribution in [0.15, 0.2) is 48.5 Å². The van der Waals surface area contributed by atoms with E-state index in [1.54, 1.807) is 12.5 Å². The van der Waals surface area contributed by atoms with E-state index in [0.717, 1.165) is 0 Å². The number of non-ortho nitro benzene ring substituents is 1. The van der Waals surface area contributed by atoms with Crippen LogP contribution in [-0.2, 0) is 10.8 Å². The zero-order valence-electron chi connectivity index (χ0n) is 14.1. The topological polar surface area (TPSA) is 144 Å². The number of hydrogen-bond donors (Lipinski definition) is 3. The lowest BCUT2D eigenvalue weighted by molar-refractivity contribution is -0.384. The minimum atomic E-state index is -0.611. The van der Waals surface area contributed by atoms with Crippen LogP contribution in [0.5, 0.6) is 0 Å². The summed E-state index contributed by atoms with van der Waals surface area (Å²) in [6.45, 7) is 0. The Bertz CT molecular complexity index is 741. The molecular weight excluding hydrogens is 360 g/mol. The average molecular weight is 378 g/mol. The monoisotopic (exact) mass is 378 g/mol. The number of hydrogen-bond acceptors (Lipinski definition) is 5. The van der Waals surface area contributed by atoms with Gasteiger partial charge in [-0.15, -0.1) is 0 Å². The van der Waals surface area contributed by atoms with Crippen molar-refractivity contribution >= 4 is 39.8 Å². The van der Waals surface area contributed by atoms with Crippen LogP contribution >= 0.6 is 0 Å². The molecule has 9 nitrogen and oxygen atoms in total. The van der Waals surface area contributed by atoms with Crippen molar-refractivity contribution < 1.29 is 18.7 Å². The van der Waals surface area contributed by atoms with Crippen LogP contribution in [0, 0.1) is 10.1 Å². The summed E-state index contributed by atoms with van der Waals surface area (Å²) >= 11 is 0. The molecule has 0 fully saturated rings. The van der Waals surface area contributed by atoms with Gasteiger partial charge in [-0.3, -0.25) is 19.1 Å². The molecule has 2 aromatic carbocycles. The minimum Gasteiger partial charge on any atom is -0.366 e. The molecular formula is C16H18N4O5S. The second kappa shape index (κ2) is 9.89. The van der Waals surface area contributed by atoms with E-state index < -0.39 is 27.7 Å². The Morgan fingerprint density at radius 1 is 0.962 bits per heavy atom. The third kappa shape index (κ3) is 7.53. The fourth-order valence-corrected chi connectivity index (χ4v) is 1.68. The van der Waals surface area contributed by atoms with Gasteiger partial charge >= 0.3 is 6.03 Å². The highest BCUT2D eigenvalue weighted by Gasteiger charge is 2.07. The molecule has 3 amide bonds. The van der Waals surface area contributed by atoms with E-state index >= 15 is 0 Å². The molecule has 0 aliphatic heterocycles. The normalized spacial score (nSPS) is 9.65. The van der Waals surface area contributed by atoms with Crippen LogP contribution in [0.2, 0.25) is 0 Å². The Kier molecular flexibility index (Phi) is 7.90. The van der Waals surface area contributed by atoms with Gasteiger partial charge in [0.15, 0.2) is 0 Å². The van der Waals surface area contributed by atoms with Crippen molar-refractivity contribution in [2.75, 3.05) is 23.1 Å². The second-order valence-corrected chi connectivity index (χ2v) is 6.55. The van der Waals surface area contributed by atoms with E-state index in [2.05, 4.69) is 10.6 Å². The van der Waals surface area contributed by atoms with E-state index in [4.69, 9.17) is 5.73 Å². The molecule has 0 aromatic heterocycles. The molecule has 26 heavy (non-hydrogen) atoms. The first-order valence-electron chi connectivity index (χ1n) is 7.16. The zero-order chi connectivity index (χ0) is 19.7. The molecule has 0 radical (unpaired) electrons. The predicted octanol–water partition coefficient (Wildman–Crippen LogP) is 2.33. The van der Waals surface area contributed by atoms with Gasteiger partial charge in [-0.2, -0.15) is 0 Å². The number of nitro groups is 1. The number of benzene rings is 2. The number of primary amides is 1. The lowest BCUT2D eigenvalue weighted by atomic mass is 10.2. The molecule has 4 N–H and O–H groups in total. The smallest absolute Gasteiger partial charge is 0.323 e. The molecule has 138 valence electrons. The summed E-state index contributed by atoms with van der Waals surface area (Å²) < 4.78 is 9.56. The van der Waals surface area contributed by atoms with Crippen LogP contribution in [0.25, 0.3) is 0 Å². The van der Waals surface area contributed by atoms with E-state index in [-0.39, 0.29) is 5.69 Å². The quantitative estimate of drug-likeness (QED) is 0.552. The molecule has 0 saturated carbocycles. The Balaban J connectivity index is 0.000000765. The number of nitrogens with one attached hydrogen (secondary N) is 2. The molecule has 0 aliphatic rings. The Hall–Kier alpha value is -3.27. The van der Waals surface area contributed by atoms with Crippen molar-refractivity contribution in [1.82, 2.24) is 0 Å². The summed E-state index contributed by atoms with van der Waals surface area (Å²) in [6.07, 6.45) is 3.28. The molecule has 2 aromatic rings. The molecule has 0 heterocycles. The van der Waals surface area contributed by atoms with Crippen molar-refractivity contribution in [2.24, 2.45) is 5.73 Å². The Labute approximate surface area is 152 Å². The Morgan fingerprint density at radius 3 is 1.69 bits per heavy atom. The standard InChI is InChI=1S/C14H12N4O4.C2H6OS/c15-13(19)9-1-3-10(4-2-9)16-14(20)17-11-5-7-12(8-6-11)18(21)22;1-4(2)3/h1-8H,(H2,15,19)(H2,16,17,20);1-2H3. The maximum atomic E-state index is 11.8. The van der Waals surface area contributed by atoms with Gasteiger partial charge in [0, 0.05) is 52.4 Å². The van der Waals surface area contributed by atoms with Gasteiger partial charge in [-0.25, -0.2) is 4.79 Å². The van der Waals surface area contributed by atoms with Gasteiger partial charge in [0.05, 0.1) is 4.92 Å². The van der Waals surface area contributed by atoms with Crippen molar-refractivity contribution in [3.63, 3.8) is 0 Å². The molecule has 0 bridgehead atoms. The van der Waals surface area contributed by atoms with E-state index in [1.807, 2.05) is 0 Å². The molecule has 0 spiro atoms. The Morgan fingerprint density at radius 2 is 1.35 bits per heavy atom. The van der Waals surface area contributed by atoms with Crippen molar-refractivity contribution in [3.05, 3.63) is 64.2 Å². The van der Waals surface area contributed by atoms with Crippen LogP contribution in [0.4, 0.5) is 21.9 Å². The largest absolute Gasteiger partial charge is 0.366 e. The van der Waals surface area contributed by atoms with Gasteiger partial charge in [0.25, 0.3) is 5.69 Å². The number of carbonyl (C=O) groups is 2. The van der Waals surface area contributed by atoms with Gasteiger partial charge in [0.1, 0.15) is 0 Å². The first kappa shape index (κ1) is 20.8. The number of anilines is 2. The number of carbonyl (C=O) groups excluding carboxylic acids is 2. The highest BCUT2D eigenvalue weighted by molar-refractivity contribution is 7.83. The van der Waals surface area contributed by atoms with Crippen LogP contribution in [-0.4, -0.2) is 33.6 Å². The van der Waals surface area contributed by atoms with Gasteiger partial charge < -0.3 is 16.4 Å². The van der Waals surface area contributed by atoms with Crippen molar-refractivity contribution in [2.45, 2.75) is 0 Å². The molecule has 0 atom stereocenters. The highest BCUT2D eigenvalue weighted by Crippen LogP contribution is 2.16. The third-order valence-corrected chi connectivity index (χ3v) is 2.76. The number of nitrogens with zero attached hydrogens (tertiary/aromatic N) is 1. The maximum absolute atomic E-state index is 11.8. The van der Waals surface area contributed by atoms with Gasteiger partial charge in [-0.1, -0.05) is 0 Å². The lowest BCUT2D eigenvalue weighted by Gasteiger charge is -2.07. The van der Waals surface area contributed by atoms with Crippen LogP contribution in [0.1, 0.15) is 10.4 Å². The lowest BCUT2D eigenvalue weighted by Crippen LogP contribution is -2.19. The first-order chi connectivity index (χ1) is 12.2. The summed E-state index contributed by atoms with van der Waals surface area (Å²) in [5, 5.41) is 15.6. The molecule has 0 unspecified atom stereocenters. The van der Waals surface area contributed by atoms with E-state index in [9.17, 15) is 23.9 Å². The summed E-state index contributed by atoms with van der Waals surface area (Å²) in [7, 11) is -0.611. The predicted molar refractivity (Wildman–Crippen MR) is 101 cm³/mol. The van der Waals surface area contributed by atoms with E-state index in [1.165, 1.54) is 48.5 Å². The molecule has 2 rings (SSSR count). The van der Waals surface area contributed by atoms with E-state index in [0.29, 0.717) is 16.9 Å². The number of rotatable bonds is 4. The fraction of sp³-hybridized carbons (Fsp3) is 0.125.